The van der Waals surface area contributed by atoms with Crippen LogP contribution in [0.5, 0.6) is 0 Å². The minimum absolute atomic E-state index is 0.630. The molecular weight excluding hydrogens is 248 g/mol. The Morgan fingerprint density at radius 1 is 1.61 bits per heavy atom. The largest absolute Gasteiger partial charge is 0.469 e. The van der Waals surface area contributed by atoms with Gasteiger partial charge in [0.05, 0.1) is 17.4 Å². The van der Waals surface area contributed by atoms with Crippen molar-refractivity contribution in [3.05, 3.63) is 34.2 Å². The molecule has 0 fully saturated rings. The molecule has 0 heterocycles. The van der Waals surface area contributed by atoms with Gasteiger partial charge in [0.15, 0.2) is 0 Å². The predicted molar refractivity (Wildman–Crippen MR) is 58.5 cm³/mol. The number of hydrogen-bond acceptors (Lipinski definition) is 4. The number of allylic oxidation sites excluding steroid dienone is 2. The second-order valence-corrected chi connectivity index (χ2v) is 4.54. The number of ether oxygens (including phenoxy) is 1. The first kappa shape index (κ1) is 14.3. The molecule has 0 saturated carbocycles. The van der Waals surface area contributed by atoms with Gasteiger partial charge in [0.1, 0.15) is 11.7 Å². The minimum atomic E-state index is -3.17. The van der Waals surface area contributed by atoms with Gasteiger partial charge in [-0.3, -0.25) is 14.9 Å². The quantitative estimate of drug-likeness (QED) is 0.338. The fourth-order valence-corrected chi connectivity index (χ4v) is 2.06. The topological polar surface area (TPSA) is 69.4 Å². The van der Waals surface area contributed by atoms with Crippen LogP contribution in [0, 0.1) is 21.4 Å². The Hall–Kier alpha value is -1.79. The molecule has 0 N–H and O–H groups in total. The zero-order valence-corrected chi connectivity index (χ0v) is 10.1. The number of carbonyl (C=O) groups is 1. The van der Waals surface area contributed by atoms with Crippen LogP contribution in [-0.2, 0) is 9.53 Å². The molecule has 0 spiro atoms. The molecule has 0 bridgehead atoms. The van der Waals surface area contributed by atoms with Crippen molar-refractivity contribution in [3.8, 4) is 0 Å². The predicted octanol–water partition coefficient (Wildman–Crippen LogP) is 2.17. The van der Waals surface area contributed by atoms with E-state index in [-0.39, 0.29) is 0 Å². The van der Waals surface area contributed by atoms with Gasteiger partial charge < -0.3 is 4.74 Å². The number of hydrogen-bond donors (Lipinski definition) is 0. The second kappa shape index (κ2) is 4.47. The number of carbonyl (C=O) groups excluding carboxylic acids is 1. The lowest BCUT2D eigenvalue weighted by molar-refractivity contribution is -0.602. The number of halogens is 2. The van der Waals surface area contributed by atoms with Crippen LogP contribution in [0.25, 0.3) is 0 Å². The van der Waals surface area contributed by atoms with Crippen molar-refractivity contribution in [2.45, 2.75) is 19.6 Å². The van der Waals surface area contributed by atoms with Gasteiger partial charge in [-0.15, -0.1) is 0 Å². The summed E-state index contributed by atoms with van der Waals surface area (Å²) in [6, 6.07) is 0. The third kappa shape index (κ3) is 2.00. The molecule has 0 radical (unpaired) electrons. The highest BCUT2D eigenvalue weighted by Gasteiger charge is 2.61. The third-order valence-electron chi connectivity index (χ3n) is 2.98. The van der Waals surface area contributed by atoms with Crippen LogP contribution in [0.1, 0.15) is 13.8 Å². The number of nitrogens with zero attached hydrogens (tertiary/aromatic N) is 1. The van der Waals surface area contributed by atoms with Gasteiger partial charge in [-0.05, 0) is 19.9 Å². The maximum absolute atomic E-state index is 14.3. The van der Waals surface area contributed by atoms with Crippen molar-refractivity contribution in [1.82, 2.24) is 0 Å². The van der Waals surface area contributed by atoms with E-state index >= 15 is 0 Å². The van der Waals surface area contributed by atoms with Gasteiger partial charge in [-0.2, -0.15) is 4.39 Å². The highest BCUT2D eigenvalue weighted by Crippen LogP contribution is 2.46. The second-order valence-electron chi connectivity index (χ2n) is 4.54. The van der Waals surface area contributed by atoms with Crippen molar-refractivity contribution in [3.63, 3.8) is 0 Å². The molecule has 1 aliphatic rings. The molecule has 0 aromatic heterocycles. The molecule has 2 atom stereocenters. The van der Waals surface area contributed by atoms with E-state index < -0.39 is 33.8 Å². The van der Waals surface area contributed by atoms with E-state index in [1.165, 1.54) is 13.8 Å². The number of nitro groups is 1. The van der Waals surface area contributed by atoms with Crippen LogP contribution in [-0.4, -0.2) is 23.8 Å². The summed E-state index contributed by atoms with van der Waals surface area (Å²) in [5.74, 6) is -7.02. The average molecular weight is 261 g/mol. The Morgan fingerprint density at radius 3 is 2.61 bits per heavy atom. The first-order valence-electron chi connectivity index (χ1n) is 5.14. The Kier molecular flexibility index (Phi) is 3.54. The van der Waals surface area contributed by atoms with Crippen molar-refractivity contribution in [2.75, 3.05) is 7.11 Å². The Labute approximate surface area is 102 Å². The van der Waals surface area contributed by atoms with Crippen molar-refractivity contribution >= 4 is 5.97 Å². The minimum Gasteiger partial charge on any atom is -0.469 e. The molecule has 5 nitrogen and oxygen atoms in total. The molecule has 0 amide bonds. The number of esters is 1. The fraction of sp³-hybridized carbons (Fsp3) is 0.545. The van der Waals surface area contributed by atoms with Crippen LogP contribution in [0.15, 0.2) is 24.1 Å². The Balaban J connectivity index is 3.33. The van der Waals surface area contributed by atoms with Crippen molar-refractivity contribution < 1.29 is 23.2 Å². The van der Waals surface area contributed by atoms with Crippen molar-refractivity contribution in [1.29, 1.82) is 0 Å². The van der Waals surface area contributed by atoms with E-state index in [1.807, 2.05) is 0 Å². The van der Waals surface area contributed by atoms with E-state index in [4.69, 9.17) is 0 Å². The molecule has 100 valence electrons. The maximum atomic E-state index is 14.3. The van der Waals surface area contributed by atoms with E-state index in [2.05, 4.69) is 4.74 Å². The molecule has 2 unspecified atom stereocenters. The molecule has 1 aliphatic carbocycles. The number of methoxy groups -OCH3 is 1. The summed E-state index contributed by atoms with van der Waals surface area (Å²) >= 11 is 0. The zero-order chi connectivity index (χ0) is 14.1. The summed E-state index contributed by atoms with van der Waals surface area (Å²) in [6.45, 7) is 2.40. The SMILES string of the molecule is COC(=O)C(C)(C)C1C(F)=CC=CC1(F)[N+](=O)[O-]. The van der Waals surface area contributed by atoms with E-state index in [0.29, 0.717) is 6.08 Å². The van der Waals surface area contributed by atoms with Crippen LogP contribution in [0.4, 0.5) is 8.78 Å². The first-order chi connectivity index (χ1) is 8.17. The summed E-state index contributed by atoms with van der Waals surface area (Å²) in [7, 11) is 1.05. The van der Waals surface area contributed by atoms with Gasteiger partial charge in [0, 0.05) is 6.08 Å². The van der Waals surface area contributed by atoms with Gasteiger partial charge in [0.25, 0.3) is 0 Å². The molecular formula is C11H13F2NO4. The van der Waals surface area contributed by atoms with Gasteiger partial charge in [-0.25, -0.2) is 4.39 Å². The first-order valence-corrected chi connectivity index (χ1v) is 5.14. The summed E-state index contributed by atoms with van der Waals surface area (Å²) in [4.78, 5) is 21.1. The zero-order valence-electron chi connectivity index (χ0n) is 10.1. The van der Waals surface area contributed by atoms with Crippen LogP contribution < -0.4 is 0 Å². The molecule has 7 heteroatoms. The van der Waals surface area contributed by atoms with Crippen LogP contribution in [0.3, 0.4) is 0 Å². The van der Waals surface area contributed by atoms with Crippen LogP contribution in [0.2, 0.25) is 0 Å². The summed E-state index contributed by atoms with van der Waals surface area (Å²) in [5.41, 5.74) is -1.71. The average Bonchev–Trinajstić information content (AvgIpc) is 2.27. The summed E-state index contributed by atoms with van der Waals surface area (Å²) < 4.78 is 32.5. The molecule has 18 heavy (non-hydrogen) atoms. The molecule has 0 aromatic carbocycles. The van der Waals surface area contributed by atoms with Gasteiger partial charge in [0.2, 0.25) is 0 Å². The lowest BCUT2D eigenvalue weighted by Gasteiger charge is -2.34. The molecule has 1 rings (SSSR count). The number of alkyl halides is 1. The number of rotatable bonds is 3. The normalized spacial score (nSPS) is 27.6. The fourth-order valence-electron chi connectivity index (χ4n) is 2.06. The highest BCUT2D eigenvalue weighted by molar-refractivity contribution is 5.77. The Morgan fingerprint density at radius 2 is 2.17 bits per heavy atom. The van der Waals surface area contributed by atoms with E-state index in [0.717, 1.165) is 19.3 Å². The smallest absolute Gasteiger partial charge is 0.388 e. The third-order valence-corrected chi connectivity index (χ3v) is 2.98. The van der Waals surface area contributed by atoms with E-state index in [9.17, 15) is 23.7 Å². The van der Waals surface area contributed by atoms with Gasteiger partial charge >= 0.3 is 11.8 Å². The Bertz CT molecular complexity index is 444. The summed E-state index contributed by atoms with van der Waals surface area (Å²) in [5, 5.41) is 10.8. The standard InChI is InChI=1S/C11H13F2NO4/c1-10(2,9(15)18-3)8-7(12)5-4-6-11(8,13)14(16)17/h4-6,8H,1-3H3. The highest BCUT2D eigenvalue weighted by atomic mass is 19.2. The maximum Gasteiger partial charge on any atom is 0.388 e. The van der Waals surface area contributed by atoms with Crippen molar-refractivity contribution in [2.24, 2.45) is 11.3 Å². The summed E-state index contributed by atoms with van der Waals surface area (Å²) in [6.07, 6.45) is 2.45. The van der Waals surface area contributed by atoms with Gasteiger partial charge in [-0.1, -0.05) is 6.08 Å². The molecule has 0 aromatic rings. The molecule has 0 aliphatic heterocycles. The van der Waals surface area contributed by atoms with Crippen LogP contribution >= 0.6 is 0 Å². The van der Waals surface area contributed by atoms with E-state index in [1.54, 1.807) is 0 Å². The monoisotopic (exact) mass is 261 g/mol. The lowest BCUT2D eigenvalue weighted by Crippen LogP contribution is -2.51. The lowest BCUT2D eigenvalue weighted by atomic mass is 9.71. The molecule has 0 saturated heterocycles.